The molecule has 1 aliphatic heterocycles. The molecule has 1 heterocycles. The first-order chi connectivity index (χ1) is 8.80. The van der Waals surface area contributed by atoms with Gasteiger partial charge in [-0.1, -0.05) is 6.07 Å². The quantitative estimate of drug-likeness (QED) is 0.890. The molecule has 0 spiro atoms. The molecule has 104 valence electrons. The second kappa shape index (κ2) is 5.13. The Morgan fingerprint density at radius 2 is 2.16 bits per heavy atom. The average molecular weight is 347 g/mol. The van der Waals surface area contributed by atoms with Crippen molar-refractivity contribution >= 4 is 37.4 Å². The van der Waals surface area contributed by atoms with Crippen molar-refractivity contribution < 1.29 is 13.2 Å². The smallest absolute Gasteiger partial charge is 0.222 e. The van der Waals surface area contributed by atoms with Crippen LogP contribution in [-0.2, 0) is 14.6 Å². The van der Waals surface area contributed by atoms with Gasteiger partial charge in [-0.2, -0.15) is 0 Å². The third-order valence-electron chi connectivity index (χ3n) is 3.26. The van der Waals surface area contributed by atoms with Gasteiger partial charge in [-0.15, -0.1) is 0 Å². The zero-order chi connectivity index (χ0) is 14.2. The summed E-state index contributed by atoms with van der Waals surface area (Å²) in [7, 11) is -3.32. The van der Waals surface area contributed by atoms with Gasteiger partial charge in [0.1, 0.15) is 0 Å². The van der Waals surface area contributed by atoms with Crippen molar-refractivity contribution in [2.24, 2.45) is 11.7 Å². The van der Waals surface area contributed by atoms with Crippen molar-refractivity contribution in [3.05, 3.63) is 22.7 Å². The number of hydrogen-bond donors (Lipinski definition) is 1. The Balaban J connectivity index is 2.44. The lowest BCUT2D eigenvalue weighted by atomic mass is 10.1. The van der Waals surface area contributed by atoms with Crippen LogP contribution in [0.2, 0.25) is 0 Å². The largest absolute Gasteiger partial charge is 0.369 e. The van der Waals surface area contributed by atoms with E-state index in [-0.39, 0.29) is 16.7 Å². The van der Waals surface area contributed by atoms with E-state index in [1.807, 2.05) is 4.90 Å². The molecule has 7 heteroatoms. The first-order valence-corrected chi connectivity index (χ1v) is 8.52. The van der Waals surface area contributed by atoms with Crippen molar-refractivity contribution in [3.8, 4) is 0 Å². The summed E-state index contributed by atoms with van der Waals surface area (Å²) < 4.78 is 24.4. The molecule has 1 aliphatic rings. The number of nitrogens with two attached hydrogens (primary N) is 1. The molecule has 1 aromatic rings. The van der Waals surface area contributed by atoms with Gasteiger partial charge < -0.3 is 10.6 Å². The Kier molecular flexibility index (Phi) is 3.87. The maximum absolute atomic E-state index is 11.8. The SMILES string of the molecule is CS(=O)(=O)c1cccc(Br)c1N1CC[C@H](C(N)=O)C1. The van der Waals surface area contributed by atoms with Crippen LogP contribution >= 0.6 is 15.9 Å². The number of halogens is 1. The highest BCUT2D eigenvalue weighted by molar-refractivity contribution is 9.10. The molecule has 0 saturated carbocycles. The van der Waals surface area contributed by atoms with Crippen LogP contribution in [-0.4, -0.2) is 33.7 Å². The number of para-hydroxylation sites is 1. The van der Waals surface area contributed by atoms with Gasteiger partial charge in [0.2, 0.25) is 5.91 Å². The van der Waals surface area contributed by atoms with Crippen LogP contribution in [0.25, 0.3) is 0 Å². The van der Waals surface area contributed by atoms with E-state index < -0.39 is 9.84 Å². The molecule has 1 aromatic carbocycles. The van der Waals surface area contributed by atoms with E-state index in [4.69, 9.17) is 5.73 Å². The molecule has 2 N–H and O–H groups in total. The van der Waals surface area contributed by atoms with E-state index in [2.05, 4.69) is 15.9 Å². The number of carbonyl (C=O) groups is 1. The van der Waals surface area contributed by atoms with Gasteiger partial charge in [0.15, 0.2) is 9.84 Å². The highest BCUT2D eigenvalue weighted by Gasteiger charge is 2.30. The zero-order valence-corrected chi connectivity index (χ0v) is 12.9. The minimum atomic E-state index is -3.32. The van der Waals surface area contributed by atoms with Gasteiger partial charge in [-0.3, -0.25) is 4.79 Å². The molecule has 1 fully saturated rings. The molecule has 1 saturated heterocycles. The van der Waals surface area contributed by atoms with Crippen LogP contribution in [0.1, 0.15) is 6.42 Å². The van der Waals surface area contributed by atoms with Gasteiger partial charge in [0.05, 0.1) is 16.5 Å². The van der Waals surface area contributed by atoms with E-state index in [0.29, 0.717) is 29.7 Å². The molecule has 0 radical (unpaired) electrons. The van der Waals surface area contributed by atoms with Crippen molar-refractivity contribution in [2.45, 2.75) is 11.3 Å². The van der Waals surface area contributed by atoms with Crippen molar-refractivity contribution in [1.82, 2.24) is 0 Å². The van der Waals surface area contributed by atoms with Crippen LogP contribution in [0.3, 0.4) is 0 Å². The normalized spacial score (nSPS) is 19.7. The molecule has 1 atom stereocenters. The van der Waals surface area contributed by atoms with Gasteiger partial charge in [-0.05, 0) is 34.5 Å². The van der Waals surface area contributed by atoms with Crippen LogP contribution in [0.5, 0.6) is 0 Å². The number of amides is 1. The number of benzene rings is 1. The summed E-state index contributed by atoms with van der Waals surface area (Å²) in [4.78, 5) is 13.4. The third kappa shape index (κ3) is 2.92. The molecular weight excluding hydrogens is 332 g/mol. The topological polar surface area (TPSA) is 80.5 Å². The molecule has 0 aliphatic carbocycles. The van der Waals surface area contributed by atoms with Gasteiger partial charge in [0, 0.05) is 23.8 Å². The Morgan fingerprint density at radius 1 is 1.47 bits per heavy atom. The summed E-state index contributed by atoms with van der Waals surface area (Å²) in [6.45, 7) is 1.08. The average Bonchev–Trinajstić information content (AvgIpc) is 2.76. The number of rotatable bonds is 3. The molecule has 1 amide bonds. The number of anilines is 1. The fourth-order valence-electron chi connectivity index (χ4n) is 2.30. The fraction of sp³-hybridized carbons (Fsp3) is 0.417. The minimum absolute atomic E-state index is 0.223. The molecule has 5 nitrogen and oxygen atoms in total. The second-order valence-electron chi connectivity index (χ2n) is 4.69. The highest BCUT2D eigenvalue weighted by atomic mass is 79.9. The summed E-state index contributed by atoms with van der Waals surface area (Å²) in [6.07, 6.45) is 1.83. The van der Waals surface area contributed by atoms with Gasteiger partial charge in [0.25, 0.3) is 0 Å². The summed E-state index contributed by atoms with van der Waals surface area (Å²) in [5, 5.41) is 0. The Hall–Kier alpha value is -1.08. The summed E-state index contributed by atoms with van der Waals surface area (Å²) in [5.41, 5.74) is 5.92. The number of sulfone groups is 1. The molecule has 0 bridgehead atoms. The molecule has 2 rings (SSSR count). The van der Waals surface area contributed by atoms with E-state index in [1.54, 1.807) is 18.2 Å². The Bertz CT molecular complexity index is 615. The first kappa shape index (κ1) is 14.3. The lowest BCUT2D eigenvalue weighted by Crippen LogP contribution is -2.28. The maximum atomic E-state index is 11.8. The number of carbonyl (C=O) groups excluding carboxylic acids is 1. The summed E-state index contributed by atoms with van der Waals surface area (Å²) in [5.74, 6) is -0.560. The lowest BCUT2D eigenvalue weighted by molar-refractivity contribution is -0.121. The van der Waals surface area contributed by atoms with Crippen molar-refractivity contribution in [3.63, 3.8) is 0 Å². The summed E-state index contributed by atoms with van der Waals surface area (Å²) >= 11 is 3.38. The van der Waals surface area contributed by atoms with E-state index >= 15 is 0 Å². The molecule has 19 heavy (non-hydrogen) atoms. The number of nitrogens with zero attached hydrogens (tertiary/aromatic N) is 1. The molecule has 0 aromatic heterocycles. The van der Waals surface area contributed by atoms with Crippen molar-refractivity contribution in [2.75, 3.05) is 24.2 Å². The molecular formula is C12H15BrN2O3S. The third-order valence-corrected chi connectivity index (χ3v) is 5.02. The maximum Gasteiger partial charge on any atom is 0.222 e. The lowest BCUT2D eigenvalue weighted by Gasteiger charge is -2.22. The van der Waals surface area contributed by atoms with E-state index in [9.17, 15) is 13.2 Å². The summed E-state index contributed by atoms with van der Waals surface area (Å²) in [6, 6.07) is 5.06. The predicted octanol–water partition coefficient (Wildman–Crippen LogP) is 1.16. The Morgan fingerprint density at radius 3 is 2.68 bits per heavy atom. The second-order valence-corrected chi connectivity index (χ2v) is 7.53. The zero-order valence-electron chi connectivity index (χ0n) is 10.5. The fourth-order valence-corrected chi connectivity index (χ4v) is 3.96. The van der Waals surface area contributed by atoms with Crippen molar-refractivity contribution in [1.29, 1.82) is 0 Å². The van der Waals surface area contributed by atoms with Gasteiger partial charge >= 0.3 is 0 Å². The number of hydrogen-bond acceptors (Lipinski definition) is 4. The van der Waals surface area contributed by atoms with Crippen LogP contribution in [0.4, 0.5) is 5.69 Å². The standard InChI is InChI=1S/C12H15BrN2O3S/c1-19(17,18)10-4-2-3-9(13)11(10)15-6-5-8(7-15)12(14)16/h2-4,8H,5-7H2,1H3,(H2,14,16)/t8-/m0/s1. The van der Waals surface area contributed by atoms with Crippen LogP contribution in [0, 0.1) is 5.92 Å². The van der Waals surface area contributed by atoms with E-state index in [0.717, 1.165) is 0 Å². The number of primary amides is 1. The monoisotopic (exact) mass is 346 g/mol. The van der Waals surface area contributed by atoms with E-state index in [1.165, 1.54) is 6.26 Å². The predicted molar refractivity (Wildman–Crippen MR) is 76.8 cm³/mol. The molecule has 0 unspecified atom stereocenters. The van der Waals surface area contributed by atoms with Gasteiger partial charge in [-0.25, -0.2) is 8.42 Å². The minimum Gasteiger partial charge on any atom is -0.369 e. The Labute approximate surface area is 120 Å². The van der Waals surface area contributed by atoms with Crippen LogP contribution in [0.15, 0.2) is 27.6 Å². The van der Waals surface area contributed by atoms with Crippen LogP contribution < -0.4 is 10.6 Å². The highest BCUT2D eigenvalue weighted by Crippen LogP contribution is 2.36. The first-order valence-electron chi connectivity index (χ1n) is 5.83.